The highest BCUT2D eigenvalue weighted by Gasteiger charge is 2.10. The summed E-state index contributed by atoms with van der Waals surface area (Å²) in [5.41, 5.74) is 3.30. The van der Waals surface area contributed by atoms with Crippen LogP contribution in [0.2, 0.25) is 0 Å². The molecule has 148 valence electrons. The summed E-state index contributed by atoms with van der Waals surface area (Å²) in [4.78, 5) is 18.7. The van der Waals surface area contributed by atoms with Crippen LogP contribution < -0.4 is 10.6 Å². The first-order chi connectivity index (χ1) is 13.6. The van der Waals surface area contributed by atoms with Crippen LogP contribution in [0.4, 0.5) is 5.82 Å². The Morgan fingerprint density at radius 3 is 2.61 bits per heavy atom. The lowest BCUT2D eigenvalue weighted by Crippen LogP contribution is -2.31. The molecular weight excluding hydrogens is 352 g/mol. The van der Waals surface area contributed by atoms with Crippen LogP contribution in [0.15, 0.2) is 42.6 Å². The van der Waals surface area contributed by atoms with Gasteiger partial charge in [-0.25, -0.2) is 9.50 Å². The second-order valence-corrected chi connectivity index (χ2v) is 7.05. The Morgan fingerprint density at radius 2 is 1.89 bits per heavy atom. The molecule has 0 saturated heterocycles. The van der Waals surface area contributed by atoms with Crippen LogP contribution in [0, 0.1) is 0 Å². The third-order valence-electron chi connectivity index (χ3n) is 4.49. The molecule has 1 aromatic carbocycles. The van der Waals surface area contributed by atoms with Gasteiger partial charge in [-0.15, -0.1) is 5.10 Å². The minimum Gasteiger partial charge on any atom is -0.369 e. The van der Waals surface area contributed by atoms with Crippen molar-refractivity contribution in [3.63, 3.8) is 0 Å². The van der Waals surface area contributed by atoms with E-state index < -0.39 is 0 Å². The number of hydrogen-bond donors (Lipinski definition) is 2. The molecular formula is C21H28N6O. The maximum Gasteiger partial charge on any atom is 0.251 e. The van der Waals surface area contributed by atoms with Crippen LogP contribution in [0.3, 0.4) is 0 Å². The third kappa shape index (κ3) is 4.86. The first-order valence-electron chi connectivity index (χ1n) is 9.70. The SMILES string of the molecule is CCCCNc1ccc2ncc(-c3ccc(C(=O)NCCN(C)C)cc3)n2n1. The summed E-state index contributed by atoms with van der Waals surface area (Å²) >= 11 is 0. The van der Waals surface area contributed by atoms with Gasteiger partial charge in [0.1, 0.15) is 5.82 Å². The Morgan fingerprint density at radius 1 is 1.11 bits per heavy atom. The highest BCUT2D eigenvalue weighted by Crippen LogP contribution is 2.21. The van der Waals surface area contributed by atoms with Crippen LogP contribution in [0.5, 0.6) is 0 Å². The summed E-state index contributed by atoms with van der Waals surface area (Å²) in [5.74, 6) is 0.768. The van der Waals surface area contributed by atoms with Gasteiger partial charge in [-0.1, -0.05) is 25.5 Å². The molecule has 2 aromatic heterocycles. The lowest BCUT2D eigenvalue weighted by Gasteiger charge is -2.10. The van der Waals surface area contributed by atoms with E-state index in [2.05, 4.69) is 27.6 Å². The van der Waals surface area contributed by atoms with Crippen molar-refractivity contribution in [1.29, 1.82) is 0 Å². The minimum absolute atomic E-state index is 0.0629. The van der Waals surface area contributed by atoms with E-state index in [1.807, 2.05) is 66.1 Å². The van der Waals surface area contributed by atoms with E-state index in [0.29, 0.717) is 12.1 Å². The summed E-state index contributed by atoms with van der Waals surface area (Å²) in [7, 11) is 3.96. The number of fused-ring (bicyclic) bond motifs is 1. The fourth-order valence-corrected chi connectivity index (χ4v) is 2.85. The number of aromatic nitrogens is 3. The first kappa shape index (κ1) is 19.8. The molecule has 0 saturated carbocycles. The molecule has 0 fully saturated rings. The molecule has 7 heteroatoms. The number of carbonyl (C=O) groups is 1. The van der Waals surface area contributed by atoms with Gasteiger partial charge in [0.2, 0.25) is 0 Å². The molecule has 0 unspecified atom stereocenters. The Bertz CT molecular complexity index is 916. The lowest BCUT2D eigenvalue weighted by atomic mass is 10.1. The van der Waals surface area contributed by atoms with E-state index in [0.717, 1.165) is 48.7 Å². The van der Waals surface area contributed by atoms with Crippen molar-refractivity contribution in [1.82, 2.24) is 24.8 Å². The zero-order valence-electron chi connectivity index (χ0n) is 16.8. The number of hydrogen-bond acceptors (Lipinski definition) is 5. The number of imidazole rings is 1. The molecule has 0 bridgehead atoms. The molecule has 7 nitrogen and oxygen atoms in total. The van der Waals surface area contributed by atoms with E-state index >= 15 is 0 Å². The van der Waals surface area contributed by atoms with E-state index in [1.54, 1.807) is 0 Å². The maximum atomic E-state index is 12.2. The molecule has 2 N–H and O–H groups in total. The number of carbonyl (C=O) groups excluding carboxylic acids is 1. The summed E-state index contributed by atoms with van der Waals surface area (Å²) in [6.07, 6.45) is 4.06. The summed E-state index contributed by atoms with van der Waals surface area (Å²) in [6, 6.07) is 11.4. The van der Waals surface area contributed by atoms with E-state index in [9.17, 15) is 4.79 Å². The van der Waals surface area contributed by atoms with Crippen molar-refractivity contribution >= 4 is 17.4 Å². The van der Waals surface area contributed by atoms with E-state index in [1.165, 1.54) is 0 Å². The molecule has 1 amide bonds. The first-order valence-corrected chi connectivity index (χ1v) is 9.70. The van der Waals surface area contributed by atoms with Crippen molar-refractivity contribution in [3.8, 4) is 11.3 Å². The van der Waals surface area contributed by atoms with Crippen LogP contribution in [0.25, 0.3) is 16.9 Å². The van der Waals surface area contributed by atoms with Gasteiger partial charge in [0.05, 0.1) is 11.9 Å². The Balaban J connectivity index is 1.75. The number of amides is 1. The standard InChI is InChI=1S/C21H28N6O/c1-4-5-12-22-19-10-11-20-24-15-18(27(20)25-19)16-6-8-17(9-7-16)21(28)23-13-14-26(2)3/h6-11,15H,4-5,12-14H2,1-3H3,(H,22,25)(H,23,28). The fourth-order valence-electron chi connectivity index (χ4n) is 2.85. The molecule has 0 aliphatic rings. The largest absolute Gasteiger partial charge is 0.369 e. The van der Waals surface area contributed by atoms with Crippen molar-refractivity contribution in [2.24, 2.45) is 0 Å². The van der Waals surface area contributed by atoms with E-state index in [4.69, 9.17) is 0 Å². The third-order valence-corrected chi connectivity index (χ3v) is 4.49. The topological polar surface area (TPSA) is 74.6 Å². The summed E-state index contributed by atoms with van der Waals surface area (Å²) in [6.45, 7) is 4.50. The van der Waals surface area contributed by atoms with Crippen molar-refractivity contribution in [2.75, 3.05) is 39.0 Å². The highest BCUT2D eigenvalue weighted by atomic mass is 16.1. The highest BCUT2D eigenvalue weighted by molar-refractivity contribution is 5.94. The van der Waals surface area contributed by atoms with Crippen LogP contribution >= 0.6 is 0 Å². The van der Waals surface area contributed by atoms with Gasteiger partial charge in [-0.2, -0.15) is 0 Å². The van der Waals surface area contributed by atoms with E-state index in [-0.39, 0.29) is 5.91 Å². The molecule has 2 heterocycles. The van der Waals surface area contributed by atoms with Crippen LogP contribution in [-0.4, -0.2) is 59.1 Å². The van der Waals surface area contributed by atoms with Gasteiger partial charge < -0.3 is 15.5 Å². The molecule has 28 heavy (non-hydrogen) atoms. The minimum atomic E-state index is -0.0629. The number of unbranched alkanes of at least 4 members (excludes halogenated alkanes) is 1. The molecule has 0 aliphatic heterocycles. The Labute approximate surface area is 165 Å². The zero-order chi connectivity index (χ0) is 19.9. The smallest absolute Gasteiger partial charge is 0.251 e. The summed E-state index contributed by atoms with van der Waals surface area (Å²) in [5, 5.41) is 10.9. The van der Waals surface area contributed by atoms with Crippen molar-refractivity contribution in [3.05, 3.63) is 48.2 Å². The van der Waals surface area contributed by atoms with Crippen LogP contribution in [-0.2, 0) is 0 Å². The van der Waals surface area contributed by atoms with Gasteiger partial charge >= 0.3 is 0 Å². The quantitative estimate of drug-likeness (QED) is 0.559. The molecule has 3 aromatic rings. The molecule has 0 atom stereocenters. The molecule has 0 radical (unpaired) electrons. The Hall–Kier alpha value is -2.93. The Kier molecular flexibility index (Phi) is 6.60. The van der Waals surface area contributed by atoms with Gasteiger partial charge in [-0.3, -0.25) is 4.79 Å². The van der Waals surface area contributed by atoms with Crippen LogP contribution in [0.1, 0.15) is 30.1 Å². The normalized spacial score (nSPS) is 11.1. The molecule has 3 rings (SSSR count). The summed E-state index contributed by atoms with van der Waals surface area (Å²) < 4.78 is 1.83. The van der Waals surface area contributed by atoms with Gasteiger partial charge in [0, 0.05) is 30.8 Å². The number of benzene rings is 1. The predicted octanol–water partition coefficient (Wildman–Crippen LogP) is 2.90. The second kappa shape index (κ2) is 9.32. The zero-order valence-corrected chi connectivity index (χ0v) is 16.8. The maximum absolute atomic E-state index is 12.2. The predicted molar refractivity (Wildman–Crippen MR) is 113 cm³/mol. The van der Waals surface area contributed by atoms with Crippen molar-refractivity contribution < 1.29 is 4.79 Å². The number of nitrogens with zero attached hydrogens (tertiary/aromatic N) is 4. The average Bonchev–Trinajstić information content (AvgIpc) is 3.11. The average molecular weight is 380 g/mol. The lowest BCUT2D eigenvalue weighted by molar-refractivity contribution is 0.0951. The van der Waals surface area contributed by atoms with Gasteiger partial charge in [0.15, 0.2) is 5.65 Å². The second-order valence-electron chi connectivity index (χ2n) is 7.05. The molecule has 0 aliphatic carbocycles. The number of rotatable bonds is 9. The number of anilines is 1. The fraction of sp³-hybridized carbons (Fsp3) is 0.381. The number of nitrogens with one attached hydrogen (secondary N) is 2. The number of likely N-dealkylation sites (N-methyl/N-ethyl adjacent to an activating group) is 1. The monoisotopic (exact) mass is 380 g/mol. The van der Waals surface area contributed by atoms with Crippen molar-refractivity contribution in [2.45, 2.75) is 19.8 Å². The van der Waals surface area contributed by atoms with Gasteiger partial charge in [0.25, 0.3) is 5.91 Å². The molecule has 0 spiro atoms. The van der Waals surface area contributed by atoms with Gasteiger partial charge in [-0.05, 0) is 44.8 Å².